The lowest BCUT2D eigenvalue weighted by molar-refractivity contribution is -0.384. The van der Waals surface area contributed by atoms with Gasteiger partial charge >= 0.3 is 5.69 Å². The molecule has 1 fully saturated rings. The van der Waals surface area contributed by atoms with E-state index in [9.17, 15) is 10.1 Å². The van der Waals surface area contributed by atoms with Crippen LogP contribution in [0.4, 0.5) is 11.5 Å². The van der Waals surface area contributed by atoms with Crippen LogP contribution in [0.1, 0.15) is 24.8 Å². The van der Waals surface area contributed by atoms with Crippen LogP contribution in [0.15, 0.2) is 12.3 Å². The largest absolute Gasteiger partial charge is 0.351 e. The van der Waals surface area contributed by atoms with E-state index in [1.807, 2.05) is 4.90 Å². The van der Waals surface area contributed by atoms with Crippen molar-refractivity contribution in [2.75, 3.05) is 24.5 Å². The van der Waals surface area contributed by atoms with Gasteiger partial charge in [0.1, 0.15) is 0 Å². The number of rotatable bonds is 4. The Balaban J connectivity index is 2.15. The van der Waals surface area contributed by atoms with E-state index < -0.39 is 0 Å². The van der Waals surface area contributed by atoms with Crippen LogP contribution in [0.2, 0.25) is 0 Å². The van der Waals surface area contributed by atoms with E-state index in [0.29, 0.717) is 23.8 Å². The summed E-state index contributed by atoms with van der Waals surface area (Å²) in [6, 6.07) is 1.68. The maximum atomic E-state index is 11.2. The molecule has 0 radical (unpaired) electrons. The first kappa shape index (κ1) is 13.7. The number of nitrogens with zero attached hydrogens (tertiary/aromatic N) is 3. The molecule has 2 rings (SSSR count). The zero-order chi connectivity index (χ0) is 13.8. The molecule has 1 aliphatic heterocycles. The van der Waals surface area contributed by atoms with E-state index in [2.05, 4.69) is 4.98 Å². The van der Waals surface area contributed by atoms with Crippen LogP contribution in [0.5, 0.6) is 0 Å². The summed E-state index contributed by atoms with van der Waals surface area (Å²) in [7, 11) is 0. The van der Waals surface area contributed by atoms with Crippen molar-refractivity contribution in [3.05, 3.63) is 27.9 Å². The number of aryl methyl sites for hydroxylation is 1. The molecule has 2 N–H and O–H groups in total. The first-order valence-corrected chi connectivity index (χ1v) is 6.68. The summed E-state index contributed by atoms with van der Waals surface area (Å²) in [5, 5.41) is 11.2. The third kappa shape index (κ3) is 3.01. The van der Waals surface area contributed by atoms with E-state index >= 15 is 0 Å². The van der Waals surface area contributed by atoms with Crippen LogP contribution >= 0.6 is 0 Å². The highest BCUT2D eigenvalue weighted by Gasteiger charge is 2.27. The van der Waals surface area contributed by atoms with Gasteiger partial charge in [-0.2, -0.15) is 0 Å². The fraction of sp³-hybridized carbons (Fsp3) is 0.615. The highest BCUT2D eigenvalue weighted by Crippen LogP contribution is 2.32. The molecule has 0 aromatic carbocycles. The molecule has 1 aliphatic rings. The molecule has 6 nitrogen and oxygen atoms in total. The Labute approximate surface area is 112 Å². The molecule has 0 atom stereocenters. The molecule has 0 saturated carbocycles. The Hall–Kier alpha value is -1.69. The van der Waals surface area contributed by atoms with Crippen molar-refractivity contribution in [2.24, 2.45) is 11.7 Å². The molecule has 1 aromatic heterocycles. The summed E-state index contributed by atoms with van der Waals surface area (Å²) in [6.45, 7) is 4.11. The lowest BCUT2D eigenvalue weighted by Crippen LogP contribution is -2.35. The Morgan fingerprint density at radius 1 is 1.53 bits per heavy atom. The number of nitro groups is 1. The van der Waals surface area contributed by atoms with Gasteiger partial charge in [0.15, 0.2) is 0 Å². The van der Waals surface area contributed by atoms with Crippen molar-refractivity contribution in [2.45, 2.75) is 26.2 Å². The van der Waals surface area contributed by atoms with E-state index in [0.717, 1.165) is 32.4 Å². The standard InChI is InChI=1S/C13H20N4O2/c1-10-3-7-15-13(12(10)17(18)19)16-8-4-11(2-6-14)5-9-16/h3,7,11H,2,4-6,8-9,14H2,1H3. The van der Waals surface area contributed by atoms with Crippen molar-refractivity contribution in [3.63, 3.8) is 0 Å². The van der Waals surface area contributed by atoms with Gasteiger partial charge in [0.05, 0.1) is 4.92 Å². The van der Waals surface area contributed by atoms with Crippen molar-refractivity contribution in [1.29, 1.82) is 0 Å². The second kappa shape index (κ2) is 5.97. The zero-order valence-electron chi connectivity index (χ0n) is 11.2. The molecular weight excluding hydrogens is 244 g/mol. The summed E-state index contributed by atoms with van der Waals surface area (Å²) in [6.07, 6.45) is 4.74. The van der Waals surface area contributed by atoms with Gasteiger partial charge in [-0.25, -0.2) is 4.98 Å². The topological polar surface area (TPSA) is 85.3 Å². The molecule has 0 bridgehead atoms. The van der Waals surface area contributed by atoms with Gasteiger partial charge in [-0.3, -0.25) is 10.1 Å². The number of piperidine rings is 1. The molecule has 0 amide bonds. The maximum absolute atomic E-state index is 11.2. The maximum Gasteiger partial charge on any atom is 0.314 e. The average molecular weight is 264 g/mol. The molecular formula is C13H20N4O2. The molecule has 0 aliphatic carbocycles. The SMILES string of the molecule is Cc1ccnc(N2CCC(CCN)CC2)c1[N+](=O)[O-]. The van der Waals surface area contributed by atoms with Gasteiger partial charge in [-0.05, 0) is 44.7 Å². The van der Waals surface area contributed by atoms with E-state index in [4.69, 9.17) is 5.73 Å². The summed E-state index contributed by atoms with van der Waals surface area (Å²) >= 11 is 0. The Morgan fingerprint density at radius 3 is 2.79 bits per heavy atom. The minimum atomic E-state index is -0.330. The minimum absolute atomic E-state index is 0.139. The predicted molar refractivity (Wildman–Crippen MR) is 74.2 cm³/mol. The first-order valence-electron chi connectivity index (χ1n) is 6.68. The third-order valence-electron chi connectivity index (χ3n) is 3.78. The lowest BCUT2D eigenvalue weighted by atomic mass is 9.93. The molecule has 104 valence electrons. The van der Waals surface area contributed by atoms with Crippen molar-refractivity contribution >= 4 is 11.5 Å². The van der Waals surface area contributed by atoms with Gasteiger partial charge in [-0.15, -0.1) is 0 Å². The van der Waals surface area contributed by atoms with Gasteiger partial charge in [0, 0.05) is 24.8 Å². The number of nitrogens with two attached hydrogens (primary N) is 1. The van der Waals surface area contributed by atoms with Gasteiger partial charge in [0.25, 0.3) is 0 Å². The summed E-state index contributed by atoms with van der Waals surface area (Å²) in [4.78, 5) is 17.1. The molecule has 1 saturated heterocycles. The molecule has 6 heteroatoms. The normalized spacial score (nSPS) is 16.6. The predicted octanol–water partition coefficient (Wildman–Crippen LogP) is 1.86. The van der Waals surface area contributed by atoms with E-state index in [1.165, 1.54) is 0 Å². The Kier molecular flexibility index (Phi) is 4.31. The average Bonchev–Trinajstić information content (AvgIpc) is 2.39. The summed E-state index contributed by atoms with van der Waals surface area (Å²) in [5.74, 6) is 1.15. The van der Waals surface area contributed by atoms with Gasteiger partial charge in [-0.1, -0.05) is 0 Å². The van der Waals surface area contributed by atoms with Crippen LogP contribution in [0.3, 0.4) is 0 Å². The van der Waals surface area contributed by atoms with Gasteiger partial charge in [0.2, 0.25) is 5.82 Å². The van der Waals surface area contributed by atoms with Crippen molar-refractivity contribution in [1.82, 2.24) is 4.98 Å². The number of hydrogen-bond acceptors (Lipinski definition) is 5. The minimum Gasteiger partial charge on any atom is -0.351 e. The second-order valence-corrected chi connectivity index (χ2v) is 5.06. The molecule has 0 unspecified atom stereocenters. The monoisotopic (exact) mass is 264 g/mol. The number of anilines is 1. The van der Waals surface area contributed by atoms with Crippen LogP contribution in [-0.4, -0.2) is 29.5 Å². The van der Waals surface area contributed by atoms with Crippen molar-refractivity contribution in [3.8, 4) is 0 Å². The fourth-order valence-electron chi connectivity index (χ4n) is 2.66. The smallest absolute Gasteiger partial charge is 0.314 e. The Morgan fingerprint density at radius 2 is 2.21 bits per heavy atom. The van der Waals surface area contributed by atoms with Crippen LogP contribution < -0.4 is 10.6 Å². The highest BCUT2D eigenvalue weighted by atomic mass is 16.6. The van der Waals surface area contributed by atoms with E-state index in [-0.39, 0.29) is 10.6 Å². The van der Waals surface area contributed by atoms with Crippen LogP contribution in [0.25, 0.3) is 0 Å². The quantitative estimate of drug-likeness (QED) is 0.662. The van der Waals surface area contributed by atoms with Crippen LogP contribution in [0, 0.1) is 23.0 Å². The van der Waals surface area contributed by atoms with Crippen molar-refractivity contribution < 1.29 is 4.92 Å². The lowest BCUT2D eigenvalue weighted by Gasteiger charge is -2.32. The first-order chi connectivity index (χ1) is 9.13. The molecule has 0 spiro atoms. The second-order valence-electron chi connectivity index (χ2n) is 5.06. The fourth-order valence-corrected chi connectivity index (χ4v) is 2.66. The van der Waals surface area contributed by atoms with Gasteiger partial charge < -0.3 is 10.6 Å². The third-order valence-corrected chi connectivity index (χ3v) is 3.78. The molecule has 2 heterocycles. The van der Waals surface area contributed by atoms with E-state index in [1.54, 1.807) is 19.2 Å². The Bertz CT molecular complexity index is 456. The summed E-state index contributed by atoms with van der Waals surface area (Å²) in [5.41, 5.74) is 6.38. The molecule has 1 aromatic rings. The summed E-state index contributed by atoms with van der Waals surface area (Å²) < 4.78 is 0. The number of hydrogen-bond donors (Lipinski definition) is 1. The molecule has 19 heavy (non-hydrogen) atoms. The highest BCUT2D eigenvalue weighted by molar-refractivity contribution is 5.61. The van der Waals surface area contributed by atoms with Crippen LogP contribution in [-0.2, 0) is 0 Å². The zero-order valence-corrected chi connectivity index (χ0v) is 11.2. The number of pyridine rings is 1. The number of aromatic nitrogens is 1.